The van der Waals surface area contributed by atoms with E-state index in [4.69, 9.17) is 0 Å². The minimum Gasteiger partial charge on any atom is -0.323 e. The number of fused-ring (bicyclic) bond motifs is 1. The van der Waals surface area contributed by atoms with Crippen LogP contribution < -0.4 is 10.2 Å². The molecule has 0 aliphatic carbocycles. The van der Waals surface area contributed by atoms with Gasteiger partial charge in [-0.2, -0.15) is 0 Å². The van der Waals surface area contributed by atoms with Gasteiger partial charge in [0.2, 0.25) is 11.8 Å². The van der Waals surface area contributed by atoms with E-state index in [9.17, 15) is 9.59 Å². The quantitative estimate of drug-likeness (QED) is 0.708. The lowest BCUT2D eigenvalue weighted by Gasteiger charge is -2.29. The van der Waals surface area contributed by atoms with Crippen molar-refractivity contribution >= 4 is 35.0 Å². The molecule has 4 rings (SSSR count). The molecule has 0 saturated carbocycles. The monoisotopic (exact) mass is 378 g/mol. The van der Waals surface area contributed by atoms with Crippen molar-refractivity contribution in [1.82, 2.24) is 9.55 Å². The van der Waals surface area contributed by atoms with E-state index >= 15 is 0 Å². The van der Waals surface area contributed by atoms with Crippen LogP contribution in [0.5, 0.6) is 0 Å². The van der Waals surface area contributed by atoms with Crippen molar-refractivity contribution in [3.63, 3.8) is 0 Å². The molecule has 6 nitrogen and oxygen atoms in total. The van der Waals surface area contributed by atoms with Crippen LogP contribution in [0, 0.1) is 6.92 Å². The van der Waals surface area contributed by atoms with Gasteiger partial charge in [-0.25, -0.2) is 4.98 Å². The van der Waals surface area contributed by atoms with Gasteiger partial charge in [0.15, 0.2) is 5.16 Å². The summed E-state index contributed by atoms with van der Waals surface area (Å²) in [5.41, 5.74) is 3.55. The molecule has 136 valence electrons. The summed E-state index contributed by atoms with van der Waals surface area (Å²) in [6.45, 7) is 2.07. The number of thioether (sulfide) groups is 1. The maximum absolute atomic E-state index is 12.8. The van der Waals surface area contributed by atoms with Crippen LogP contribution in [-0.4, -0.2) is 33.7 Å². The molecule has 27 heavy (non-hydrogen) atoms. The summed E-state index contributed by atoms with van der Waals surface area (Å²) >= 11 is 1.36. The van der Waals surface area contributed by atoms with Gasteiger partial charge in [0.25, 0.3) is 0 Å². The molecule has 2 aromatic carbocycles. The van der Waals surface area contributed by atoms with Crippen LogP contribution >= 0.6 is 11.8 Å². The van der Waals surface area contributed by atoms with E-state index in [0.29, 0.717) is 5.69 Å². The van der Waals surface area contributed by atoms with Gasteiger partial charge in [0, 0.05) is 12.4 Å². The fourth-order valence-corrected chi connectivity index (χ4v) is 3.92. The zero-order chi connectivity index (χ0) is 18.8. The maximum Gasteiger partial charge on any atom is 0.244 e. The van der Waals surface area contributed by atoms with Crippen LogP contribution in [0.25, 0.3) is 5.69 Å². The zero-order valence-electron chi connectivity index (χ0n) is 14.8. The second kappa shape index (κ2) is 7.28. The number of hydrogen-bond acceptors (Lipinski definition) is 4. The summed E-state index contributed by atoms with van der Waals surface area (Å²) < 4.78 is 1.98. The molecule has 1 aliphatic heterocycles. The number of aryl methyl sites for hydroxylation is 1. The number of hydrogen-bond donors (Lipinski definition) is 1. The van der Waals surface area contributed by atoms with Gasteiger partial charge < -0.3 is 10.2 Å². The van der Waals surface area contributed by atoms with Crippen molar-refractivity contribution in [2.75, 3.05) is 22.5 Å². The van der Waals surface area contributed by atoms with Crippen molar-refractivity contribution < 1.29 is 9.59 Å². The minimum atomic E-state index is -0.187. The lowest BCUT2D eigenvalue weighted by molar-refractivity contribution is -0.120. The number of nitrogens with one attached hydrogen (secondary N) is 1. The molecule has 0 spiro atoms. The Balaban J connectivity index is 1.53. The van der Waals surface area contributed by atoms with Gasteiger partial charge in [-0.15, -0.1) is 0 Å². The molecule has 2 heterocycles. The molecule has 0 atom stereocenters. The molecule has 0 fully saturated rings. The number of aromatic nitrogens is 2. The van der Waals surface area contributed by atoms with Gasteiger partial charge in [-0.3, -0.25) is 14.2 Å². The van der Waals surface area contributed by atoms with Gasteiger partial charge in [-0.05, 0) is 30.7 Å². The molecule has 7 heteroatoms. The molecule has 0 saturated heterocycles. The topological polar surface area (TPSA) is 67.2 Å². The number of carbonyl (C=O) groups is 2. The summed E-state index contributed by atoms with van der Waals surface area (Å²) in [4.78, 5) is 30.6. The Morgan fingerprint density at radius 1 is 1.15 bits per heavy atom. The molecule has 0 radical (unpaired) electrons. The van der Waals surface area contributed by atoms with E-state index < -0.39 is 0 Å². The first-order valence-corrected chi connectivity index (χ1v) is 9.53. The van der Waals surface area contributed by atoms with E-state index in [1.165, 1.54) is 16.7 Å². The number of carbonyl (C=O) groups excluding carboxylic acids is 2. The van der Waals surface area contributed by atoms with Crippen molar-refractivity contribution in [3.8, 4) is 5.69 Å². The van der Waals surface area contributed by atoms with Crippen molar-refractivity contribution in [2.24, 2.45) is 0 Å². The fourth-order valence-electron chi connectivity index (χ4n) is 3.07. The number of anilines is 2. The van der Waals surface area contributed by atoms with Crippen LogP contribution in [0.4, 0.5) is 11.4 Å². The van der Waals surface area contributed by atoms with Gasteiger partial charge >= 0.3 is 0 Å². The zero-order valence-corrected chi connectivity index (χ0v) is 15.6. The SMILES string of the molecule is Cc1ccccc1-n1ccnc1SCC(=O)N1CC(=O)Nc2ccccc21. The largest absolute Gasteiger partial charge is 0.323 e. The number of amides is 2. The van der Waals surface area contributed by atoms with Gasteiger partial charge in [-0.1, -0.05) is 42.1 Å². The first-order chi connectivity index (χ1) is 13.1. The Morgan fingerprint density at radius 2 is 1.89 bits per heavy atom. The van der Waals surface area contributed by atoms with E-state index in [1.54, 1.807) is 12.3 Å². The normalized spacial score (nSPS) is 13.2. The van der Waals surface area contributed by atoms with Crippen LogP contribution in [0.1, 0.15) is 5.56 Å². The van der Waals surface area contributed by atoms with E-state index in [1.807, 2.05) is 60.2 Å². The molecule has 0 bridgehead atoms. The Bertz CT molecular complexity index is 1010. The third-order valence-corrected chi connectivity index (χ3v) is 5.33. The smallest absolute Gasteiger partial charge is 0.244 e. The average Bonchev–Trinajstić information content (AvgIpc) is 3.14. The summed E-state index contributed by atoms with van der Waals surface area (Å²) in [7, 11) is 0. The molecule has 3 aromatic rings. The highest BCUT2D eigenvalue weighted by atomic mass is 32.2. The lowest BCUT2D eigenvalue weighted by Crippen LogP contribution is -2.43. The van der Waals surface area contributed by atoms with Crippen molar-refractivity contribution in [1.29, 1.82) is 0 Å². The van der Waals surface area contributed by atoms with E-state index in [-0.39, 0.29) is 24.1 Å². The Morgan fingerprint density at radius 3 is 2.70 bits per heavy atom. The summed E-state index contributed by atoms with van der Waals surface area (Å²) in [6, 6.07) is 15.4. The van der Waals surface area contributed by atoms with Crippen LogP contribution in [0.15, 0.2) is 66.1 Å². The average molecular weight is 378 g/mol. The van der Waals surface area contributed by atoms with Crippen molar-refractivity contribution in [2.45, 2.75) is 12.1 Å². The third kappa shape index (κ3) is 3.46. The minimum absolute atomic E-state index is 0.0304. The molecule has 0 unspecified atom stereocenters. The molecule has 1 aliphatic rings. The van der Waals surface area contributed by atoms with Crippen LogP contribution in [-0.2, 0) is 9.59 Å². The summed E-state index contributed by atoms with van der Waals surface area (Å²) in [5, 5.41) is 3.54. The number of nitrogens with zero attached hydrogens (tertiary/aromatic N) is 3. The molecule has 1 N–H and O–H groups in total. The predicted molar refractivity (Wildman–Crippen MR) is 106 cm³/mol. The van der Waals surface area contributed by atoms with E-state index in [2.05, 4.69) is 10.3 Å². The summed E-state index contributed by atoms with van der Waals surface area (Å²) in [5.74, 6) is -0.111. The van der Waals surface area contributed by atoms with Crippen LogP contribution in [0.3, 0.4) is 0 Å². The third-order valence-electron chi connectivity index (χ3n) is 4.38. The highest BCUT2D eigenvalue weighted by molar-refractivity contribution is 7.99. The predicted octanol–water partition coefficient (Wildman–Crippen LogP) is 3.26. The maximum atomic E-state index is 12.8. The number of benzene rings is 2. The number of rotatable bonds is 4. The van der Waals surface area contributed by atoms with Gasteiger partial charge in [0.1, 0.15) is 6.54 Å². The molecule has 2 amide bonds. The summed E-state index contributed by atoms with van der Waals surface area (Å²) in [6.07, 6.45) is 3.61. The molecule has 1 aromatic heterocycles. The second-order valence-corrected chi connectivity index (χ2v) is 7.14. The Kier molecular flexibility index (Phi) is 4.68. The molecular formula is C20H18N4O2S. The highest BCUT2D eigenvalue weighted by Crippen LogP contribution is 2.30. The van der Waals surface area contributed by atoms with Gasteiger partial charge in [0.05, 0.1) is 22.8 Å². The standard InChI is InChI=1S/C20H18N4O2S/c1-14-6-2-4-8-16(14)23-11-10-21-20(23)27-13-19(26)24-12-18(25)22-15-7-3-5-9-17(15)24/h2-11H,12-13H2,1H3,(H,22,25). The number of para-hydroxylation sites is 3. The Hall–Kier alpha value is -3.06. The second-order valence-electron chi connectivity index (χ2n) is 6.20. The highest BCUT2D eigenvalue weighted by Gasteiger charge is 2.26. The fraction of sp³-hybridized carbons (Fsp3) is 0.150. The van der Waals surface area contributed by atoms with E-state index in [0.717, 1.165) is 22.1 Å². The Labute approximate surface area is 161 Å². The molecular weight excluding hydrogens is 360 g/mol. The first-order valence-electron chi connectivity index (χ1n) is 8.55. The van der Waals surface area contributed by atoms with Crippen LogP contribution in [0.2, 0.25) is 0 Å². The number of imidazole rings is 1. The van der Waals surface area contributed by atoms with Crippen molar-refractivity contribution in [3.05, 3.63) is 66.5 Å². The lowest BCUT2D eigenvalue weighted by atomic mass is 10.2. The first kappa shape index (κ1) is 17.4.